The van der Waals surface area contributed by atoms with Crippen molar-refractivity contribution in [3.05, 3.63) is 23.3 Å². The summed E-state index contributed by atoms with van der Waals surface area (Å²) in [5.41, 5.74) is 6.43. The molecule has 0 amide bonds. The van der Waals surface area contributed by atoms with Gasteiger partial charge in [-0.2, -0.15) is 14.0 Å². The quantitative estimate of drug-likeness (QED) is 0.740. The van der Waals surface area contributed by atoms with E-state index in [1.807, 2.05) is 6.07 Å². The zero-order valence-electron chi connectivity index (χ0n) is 7.42. The smallest absolute Gasteiger partial charge is 0.387 e. The molecule has 5 heteroatoms. The maximum Gasteiger partial charge on any atom is 0.387 e. The van der Waals surface area contributed by atoms with Crippen molar-refractivity contribution in [1.29, 1.82) is 5.26 Å². The van der Waals surface area contributed by atoms with Crippen molar-refractivity contribution in [1.82, 2.24) is 0 Å². The average molecular weight is 198 g/mol. The minimum Gasteiger partial charge on any atom is -0.433 e. The minimum atomic E-state index is -2.94. The molecule has 0 aliphatic rings. The number of hydrogen-bond donors (Lipinski definition) is 1. The van der Waals surface area contributed by atoms with E-state index in [1.165, 1.54) is 12.1 Å². The lowest BCUT2D eigenvalue weighted by atomic mass is 10.1. The standard InChI is InChI=1S/C9H8F2N2O/c1-5-2-7(13)8(14-9(10)11)3-6(5)4-12/h2-3,9H,13H2,1H3. The Morgan fingerprint density at radius 2 is 2.14 bits per heavy atom. The van der Waals surface area contributed by atoms with E-state index in [-0.39, 0.29) is 17.0 Å². The van der Waals surface area contributed by atoms with Gasteiger partial charge >= 0.3 is 6.61 Å². The first kappa shape index (κ1) is 10.3. The van der Waals surface area contributed by atoms with Gasteiger partial charge in [-0.15, -0.1) is 0 Å². The summed E-state index contributed by atoms with van der Waals surface area (Å²) in [6, 6.07) is 4.49. The van der Waals surface area contributed by atoms with Gasteiger partial charge in [0.1, 0.15) is 5.75 Å². The molecule has 0 saturated carbocycles. The van der Waals surface area contributed by atoms with Crippen LogP contribution in [-0.2, 0) is 0 Å². The van der Waals surface area contributed by atoms with E-state index in [0.717, 1.165) is 0 Å². The molecule has 0 saturated heterocycles. The first-order chi connectivity index (χ1) is 6.54. The molecule has 0 atom stereocenters. The fourth-order valence-electron chi connectivity index (χ4n) is 1.03. The van der Waals surface area contributed by atoms with Gasteiger partial charge in [-0.05, 0) is 18.6 Å². The van der Waals surface area contributed by atoms with E-state index < -0.39 is 6.61 Å². The molecule has 1 aromatic rings. The van der Waals surface area contributed by atoms with E-state index in [1.54, 1.807) is 6.92 Å². The molecule has 1 rings (SSSR count). The predicted molar refractivity (Wildman–Crippen MR) is 46.9 cm³/mol. The molecule has 0 radical (unpaired) electrons. The predicted octanol–water partition coefficient (Wildman–Crippen LogP) is 2.05. The van der Waals surface area contributed by atoms with Gasteiger partial charge < -0.3 is 10.5 Å². The summed E-state index contributed by atoms with van der Waals surface area (Å²) in [6.07, 6.45) is 0. The molecule has 74 valence electrons. The Kier molecular flexibility index (Phi) is 2.87. The molecule has 0 spiro atoms. The Morgan fingerprint density at radius 3 is 2.64 bits per heavy atom. The van der Waals surface area contributed by atoms with Gasteiger partial charge in [-0.25, -0.2) is 0 Å². The first-order valence-electron chi connectivity index (χ1n) is 3.79. The number of nitrogen functional groups attached to an aromatic ring is 1. The number of ether oxygens (including phenoxy) is 1. The molecule has 14 heavy (non-hydrogen) atoms. The van der Waals surface area contributed by atoms with Crippen molar-refractivity contribution >= 4 is 5.69 Å². The van der Waals surface area contributed by atoms with Crippen LogP contribution in [0.5, 0.6) is 5.75 Å². The molecule has 0 unspecified atom stereocenters. The minimum absolute atomic E-state index is 0.0989. The van der Waals surface area contributed by atoms with Crippen LogP contribution < -0.4 is 10.5 Å². The van der Waals surface area contributed by atoms with Gasteiger partial charge in [0.05, 0.1) is 17.3 Å². The number of benzene rings is 1. The van der Waals surface area contributed by atoms with Crippen LogP contribution in [0.4, 0.5) is 14.5 Å². The number of nitrogens with zero attached hydrogens (tertiary/aromatic N) is 1. The van der Waals surface area contributed by atoms with Crippen LogP contribution in [0.3, 0.4) is 0 Å². The van der Waals surface area contributed by atoms with Gasteiger partial charge in [-0.3, -0.25) is 0 Å². The zero-order chi connectivity index (χ0) is 10.7. The van der Waals surface area contributed by atoms with Gasteiger partial charge in [0, 0.05) is 6.07 Å². The Morgan fingerprint density at radius 1 is 1.50 bits per heavy atom. The highest BCUT2D eigenvalue weighted by molar-refractivity contribution is 5.59. The summed E-state index contributed by atoms with van der Waals surface area (Å²) in [5.74, 6) is -0.165. The maximum atomic E-state index is 11.9. The molecular weight excluding hydrogens is 190 g/mol. The van der Waals surface area contributed by atoms with Gasteiger partial charge in [0.15, 0.2) is 0 Å². The molecule has 0 fully saturated rings. The van der Waals surface area contributed by atoms with E-state index in [0.29, 0.717) is 5.56 Å². The van der Waals surface area contributed by atoms with E-state index in [9.17, 15) is 8.78 Å². The third-order valence-electron chi connectivity index (χ3n) is 1.69. The third-order valence-corrected chi connectivity index (χ3v) is 1.69. The van der Waals surface area contributed by atoms with Crippen LogP contribution >= 0.6 is 0 Å². The van der Waals surface area contributed by atoms with E-state index in [4.69, 9.17) is 11.0 Å². The third kappa shape index (κ3) is 2.10. The van der Waals surface area contributed by atoms with Gasteiger partial charge in [-0.1, -0.05) is 0 Å². The number of alkyl halides is 2. The molecule has 2 N–H and O–H groups in total. The average Bonchev–Trinajstić information content (AvgIpc) is 2.09. The fourth-order valence-corrected chi connectivity index (χ4v) is 1.03. The summed E-state index contributed by atoms with van der Waals surface area (Å²) in [7, 11) is 0. The molecule has 3 nitrogen and oxygen atoms in total. The van der Waals surface area contributed by atoms with Crippen LogP contribution in [0.15, 0.2) is 12.1 Å². The largest absolute Gasteiger partial charge is 0.433 e. The Hall–Kier alpha value is -1.83. The Balaban J connectivity index is 3.12. The van der Waals surface area contributed by atoms with Crippen LogP contribution in [-0.4, -0.2) is 6.61 Å². The molecule has 1 aromatic carbocycles. The van der Waals surface area contributed by atoms with E-state index in [2.05, 4.69) is 4.74 Å². The zero-order valence-corrected chi connectivity index (χ0v) is 7.42. The molecule has 0 aromatic heterocycles. The second-order valence-electron chi connectivity index (χ2n) is 2.70. The lowest BCUT2D eigenvalue weighted by Crippen LogP contribution is -2.05. The van der Waals surface area contributed by atoms with Crippen molar-refractivity contribution in [2.24, 2.45) is 0 Å². The SMILES string of the molecule is Cc1cc(N)c(OC(F)F)cc1C#N. The summed E-state index contributed by atoms with van der Waals surface area (Å²) >= 11 is 0. The number of halogens is 2. The number of anilines is 1. The van der Waals surface area contributed by atoms with Gasteiger partial charge in [0.25, 0.3) is 0 Å². The number of nitriles is 1. The Labute approximate surface area is 79.7 Å². The molecule has 0 bridgehead atoms. The highest BCUT2D eigenvalue weighted by atomic mass is 19.3. The highest BCUT2D eigenvalue weighted by Gasteiger charge is 2.10. The summed E-state index contributed by atoms with van der Waals surface area (Å²) in [5, 5.41) is 8.63. The van der Waals surface area contributed by atoms with Crippen molar-refractivity contribution in [2.75, 3.05) is 5.73 Å². The van der Waals surface area contributed by atoms with Crippen LogP contribution in [0.1, 0.15) is 11.1 Å². The summed E-state index contributed by atoms with van der Waals surface area (Å²) in [6.45, 7) is -1.27. The topological polar surface area (TPSA) is 59.0 Å². The number of aryl methyl sites for hydroxylation is 1. The first-order valence-corrected chi connectivity index (χ1v) is 3.79. The fraction of sp³-hybridized carbons (Fsp3) is 0.222. The summed E-state index contributed by atoms with van der Waals surface area (Å²) < 4.78 is 27.9. The lowest BCUT2D eigenvalue weighted by molar-refractivity contribution is -0.0493. The van der Waals surface area contributed by atoms with Gasteiger partial charge in [0.2, 0.25) is 0 Å². The second-order valence-corrected chi connectivity index (χ2v) is 2.70. The maximum absolute atomic E-state index is 11.9. The van der Waals surface area contributed by atoms with Crippen molar-refractivity contribution < 1.29 is 13.5 Å². The molecule has 0 aliphatic carbocycles. The monoisotopic (exact) mass is 198 g/mol. The van der Waals surface area contributed by atoms with Crippen molar-refractivity contribution in [2.45, 2.75) is 13.5 Å². The van der Waals surface area contributed by atoms with Crippen molar-refractivity contribution in [3.8, 4) is 11.8 Å². The van der Waals surface area contributed by atoms with Crippen LogP contribution in [0, 0.1) is 18.3 Å². The molecule has 0 heterocycles. The highest BCUT2D eigenvalue weighted by Crippen LogP contribution is 2.26. The van der Waals surface area contributed by atoms with Crippen molar-refractivity contribution in [3.63, 3.8) is 0 Å². The number of rotatable bonds is 2. The molecular formula is C9H8F2N2O. The summed E-state index contributed by atoms with van der Waals surface area (Å²) in [4.78, 5) is 0. The molecule has 0 aliphatic heterocycles. The second kappa shape index (κ2) is 3.92. The Bertz CT molecular complexity index is 385. The van der Waals surface area contributed by atoms with E-state index >= 15 is 0 Å². The number of nitrogens with two attached hydrogens (primary N) is 1. The lowest BCUT2D eigenvalue weighted by Gasteiger charge is -2.08. The normalized spacial score (nSPS) is 9.93. The van der Waals surface area contributed by atoms with Crippen LogP contribution in [0.2, 0.25) is 0 Å². The van der Waals surface area contributed by atoms with Crippen LogP contribution in [0.25, 0.3) is 0 Å². The number of hydrogen-bond acceptors (Lipinski definition) is 3.